The Kier molecular flexibility index (Phi) is 10.5. The monoisotopic (exact) mass is 614 g/mol. The highest BCUT2D eigenvalue weighted by molar-refractivity contribution is 6.99. The Morgan fingerprint density at radius 1 is 0.909 bits per heavy atom. The van der Waals surface area contributed by atoms with Crippen LogP contribution < -0.4 is 15.1 Å². The van der Waals surface area contributed by atoms with Crippen LogP contribution in [0.25, 0.3) is 0 Å². The molecule has 5 rings (SSSR count). The van der Waals surface area contributed by atoms with Crippen molar-refractivity contribution >= 4 is 18.7 Å². The lowest BCUT2D eigenvalue weighted by atomic mass is 9.90. The summed E-state index contributed by atoms with van der Waals surface area (Å²) in [4.78, 5) is 0. The predicted molar refractivity (Wildman–Crippen MR) is 180 cm³/mol. The van der Waals surface area contributed by atoms with Gasteiger partial charge in [0, 0.05) is 12.3 Å². The van der Waals surface area contributed by atoms with Gasteiger partial charge in [0.25, 0.3) is 8.32 Å². The Morgan fingerprint density at radius 2 is 1.55 bits per heavy atom. The van der Waals surface area contributed by atoms with Crippen molar-refractivity contribution in [3.8, 4) is 5.75 Å². The van der Waals surface area contributed by atoms with E-state index in [-0.39, 0.29) is 23.2 Å². The second-order valence-electron chi connectivity index (χ2n) is 13.6. The number of hydrogen-bond acceptors (Lipinski definition) is 5. The van der Waals surface area contributed by atoms with Gasteiger partial charge in [-0.25, -0.2) is 0 Å². The molecule has 0 saturated carbocycles. The second-order valence-corrected chi connectivity index (χ2v) is 17.9. The van der Waals surface area contributed by atoms with Crippen LogP contribution >= 0.6 is 0 Å². The van der Waals surface area contributed by atoms with Crippen molar-refractivity contribution in [1.82, 2.24) is 0 Å². The molecule has 0 radical (unpaired) electrons. The maximum Gasteiger partial charge on any atom is 0.261 e. The molecule has 0 amide bonds. The first-order valence-corrected chi connectivity index (χ1v) is 18.0. The first kappa shape index (κ1) is 32.6. The van der Waals surface area contributed by atoms with E-state index < -0.39 is 14.1 Å². The summed E-state index contributed by atoms with van der Waals surface area (Å²) >= 11 is 0. The van der Waals surface area contributed by atoms with E-state index in [4.69, 9.17) is 23.4 Å². The highest BCUT2D eigenvalue weighted by Gasteiger charge is 2.51. The topological polar surface area (TPSA) is 46.2 Å². The van der Waals surface area contributed by atoms with Crippen LogP contribution in [0.5, 0.6) is 5.75 Å². The standard InChI is InChI=1S/C38H50O5Si/c1-29-24-36(30(2)26-40-27-31-19-21-32(39-6)22-20-31)43-38(25-29)23-13-14-33(42-38)28-41-44(37(3,4)5,34-15-9-7-10-16-34)35-17-11-8-12-18-35/h7-12,15-22,25,30,33,36H,13-14,23-24,26-28H2,1-6H3/t30-,33+,36+,38-/m1/s1. The zero-order valence-corrected chi connectivity index (χ0v) is 28.4. The molecule has 5 nitrogen and oxygen atoms in total. The minimum Gasteiger partial charge on any atom is -0.497 e. The maximum atomic E-state index is 7.26. The zero-order valence-electron chi connectivity index (χ0n) is 27.4. The van der Waals surface area contributed by atoms with Crippen molar-refractivity contribution in [2.45, 2.75) is 89.9 Å². The molecule has 0 unspecified atom stereocenters. The van der Waals surface area contributed by atoms with Crippen LogP contribution in [0.1, 0.15) is 65.9 Å². The van der Waals surface area contributed by atoms with E-state index in [1.54, 1.807) is 7.11 Å². The summed E-state index contributed by atoms with van der Waals surface area (Å²) in [6.45, 7) is 13.1. The molecule has 1 fully saturated rings. The summed E-state index contributed by atoms with van der Waals surface area (Å²) in [5, 5.41) is 2.50. The number of hydrogen-bond donors (Lipinski definition) is 0. The van der Waals surface area contributed by atoms with Gasteiger partial charge >= 0.3 is 0 Å². The quantitative estimate of drug-likeness (QED) is 0.166. The molecule has 2 aliphatic heterocycles. The molecule has 0 aliphatic carbocycles. The maximum absolute atomic E-state index is 7.26. The molecule has 6 heteroatoms. The average Bonchev–Trinajstić information content (AvgIpc) is 3.02. The van der Waals surface area contributed by atoms with E-state index in [2.05, 4.69) is 101 Å². The Labute approximate surface area is 265 Å². The van der Waals surface area contributed by atoms with Crippen molar-refractivity contribution in [3.63, 3.8) is 0 Å². The Morgan fingerprint density at radius 3 is 2.14 bits per heavy atom. The third-order valence-electron chi connectivity index (χ3n) is 9.10. The van der Waals surface area contributed by atoms with Crippen LogP contribution in [0, 0.1) is 5.92 Å². The van der Waals surface area contributed by atoms with Crippen LogP contribution in [-0.4, -0.2) is 46.6 Å². The van der Waals surface area contributed by atoms with Gasteiger partial charge in [0.2, 0.25) is 0 Å². The van der Waals surface area contributed by atoms with E-state index in [0.29, 0.717) is 19.8 Å². The van der Waals surface area contributed by atoms with E-state index in [9.17, 15) is 0 Å². The molecule has 1 spiro atoms. The minimum absolute atomic E-state index is 0.0345. The number of ether oxygens (including phenoxy) is 4. The zero-order chi connectivity index (χ0) is 31.2. The van der Waals surface area contributed by atoms with Crippen molar-refractivity contribution in [3.05, 3.63) is 102 Å². The van der Waals surface area contributed by atoms with Crippen LogP contribution in [0.15, 0.2) is 96.6 Å². The van der Waals surface area contributed by atoms with E-state index in [1.807, 2.05) is 24.3 Å². The molecule has 0 bridgehead atoms. The van der Waals surface area contributed by atoms with Gasteiger partial charge in [-0.05, 0) is 65.4 Å². The van der Waals surface area contributed by atoms with Gasteiger partial charge in [-0.15, -0.1) is 0 Å². The molecule has 2 heterocycles. The number of benzene rings is 3. The third-order valence-corrected chi connectivity index (χ3v) is 14.1. The third kappa shape index (κ3) is 7.38. The first-order valence-electron chi connectivity index (χ1n) is 16.1. The Bertz CT molecular complexity index is 1310. The highest BCUT2D eigenvalue weighted by Crippen LogP contribution is 2.41. The molecule has 3 aromatic rings. The Balaban J connectivity index is 1.27. The molecule has 2 aliphatic rings. The molecular formula is C38H50O5Si. The summed E-state index contributed by atoms with van der Waals surface area (Å²) in [6, 6.07) is 29.7. The average molecular weight is 615 g/mol. The predicted octanol–water partition coefficient (Wildman–Crippen LogP) is 7.43. The normalized spacial score (nSPS) is 23.3. The summed E-state index contributed by atoms with van der Waals surface area (Å²) in [5.41, 5.74) is 2.45. The van der Waals surface area contributed by atoms with Crippen LogP contribution in [0.3, 0.4) is 0 Å². The van der Waals surface area contributed by atoms with Gasteiger partial charge in [0.15, 0.2) is 5.79 Å². The lowest BCUT2D eigenvalue weighted by Crippen LogP contribution is -2.67. The molecule has 0 N–H and O–H groups in total. The molecule has 3 aromatic carbocycles. The van der Waals surface area contributed by atoms with E-state index in [0.717, 1.165) is 37.0 Å². The van der Waals surface area contributed by atoms with Gasteiger partial charge in [-0.1, -0.05) is 106 Å². The first-order chi connectivity index (χ1) is 21.1. The van der Waals surface area contributed by atoms with Gasteiger partial charge in [-0.3, -0.25) is 0 Å². The van der Waals surface area contributed by atoms with Crippen LogP contribution in [0.4, 0.5) is 0 Å². The van der Waals surface area contributed by atoms with Gasteiger partial charge in [0.1, 0.15) is 5.75 Å². The summed E-state index contributed by atoms with van der Waals surface area (Å²) in [7, 11) is -0.965. The van der Waals surface area contributed by atoms with Gasteiger partial charge < -0.3 is 23.4 Å². The molecule has 44 heavy (non-hydrogen) atoms. The largest absolute Gasteiger partial charge is 0.497 e. The molecule has 236 valence electrons. The molecule has 1 saturated heterocycles. The van der Waals surface area contributed by atoms with Crippen molar-refractivity contribution in [2.24, 2.45) is 5.92 Å². The van der Waals surface area contributed by atoms with Crippen LogP contribution in [0.2, 0.25) is 5.04 Å². The van der Waals surface area contributed by atoms with E-state index >= 15 is 0 Å². The number of rotatable bonds is 11. The number of methoxy groups -OCH3 is 1. The molecule has 4 atom stereocenters. The fraction of sp³-hybridized carbons (Fsp3) is 0.474. The second kappa shape index (κ2) is 14.1. The fourth-order valence-corrected chi connectivity index (χ4v) is 11.4. The summed E-state index contributed by atoms with van der Waals surface area (Å²) in [6.07, 6.45) is 5.96. The molecular weight excluding hydrogens is 564 g/mol. The minimum atomic E-state index is -2.65. The fourth-order valence-electron chi connectivity index (χ4n) is 6.86. The highest BCUT2D eigenvalue weighted by atomic mass is 28.4. The van der Waals surface area contributed by atoms with Crippen LogP contribution in [-0.2, 0) is 25.2 Å². The van der Waals surface area contributed by atoms with Gasteiger partial charge in [0.05, 0.1) is 39.1 Å². The van der Waals surface area contributed by atoms with Crippen molar-refractivity contribution < 1.29 is 23.4 Å². The van der Waals surface area contributed by atoms with Crippen molar-refractivity contribution in [2.75, 3.05) is 20.3 Å². The SMILES string of the molecule is COc1ccc(COC[C@@H](C)[C@@H]2CC(C)=C[C@@]3(CCC[C@@H](CO[Si](c4ccccc4)(c4ccccc4)C(C)(C)C)O3)O2)cc1. The summed E-state index contributed by atoms with van der Waals surface area (Å²) in [5.74, 6) is 0.369. The Hall–Kier alpha value is -2.74. The van der Waals surface area contributed by atoms with Gasteiger partial charge in [-0.2, -0.15) is 0 Å². The lowest BCUT2D eigenvalue weighted by molar-refractivity contribution is -0.285. The van der Waals surface area contributed by atoms with E-state index in [1.165, 1.54) is 15.9 Å². The smallest absolute Gasteiger partial charge is 0.261 e. The lowest BCUT2D eigenvalue weighted by Gasteiger charge is -2.47. The molecule has 0 aromatic heterocycles. The van der Waals surface area contributed by atoms with Crippen molar-refractivity contribution in [1.29, 1.82) is 0 Å². The summed E-state index contributed by atoms with van der Waals surface area (Å²) < 4.78 is 32.4.